The first-order valence-electron chi connectivity index (χ1n) is 7.09. The molecule has 0 saturated heterocycles. The SMILES string of the molecule is [2H]c1c([2H])c(Br)c([2H])c(-c2ccc3ccccc3c2O)c1F. The number of hydrogen-bond donors (Lipinski definition) is 1. The molecule has 0 unspecified atom stereocenters. The van der Waals surface area contributed by atoms with Crippen LogP contribution in [0.4, 0.5) is 4.39 Å². The van der Waals surface area contributed by atoms with Gasteiger partial charge in [-0.05, 0) is 29.6 Å². The lowest BCUT2D eigenvalue weighted by Gasteiger charge is -2.09. The third-order valence-electron chi connectivity index (χ3n) is 2.91. The zero-order valence-corrected chi connectivity index (χ0v) is 11.3. The van der Waals surface area contributed by atoms with Crippen molar-refractivity contribution in [1.82, 2.24) is 0 Å². The number of fused-ring (bicyclic) bond motifs is 1. The van der Waals surface area contributed by atoms with E-state index in [2.05, 4.69) is 15.9 Å². The average molecular weight is 320 g/mol. The third-order valence-corrected chi connectivity index (χ3v) is 3.30. The van der Waals surface area contributed by atoms with Gasteiger partial charge in [0.25, 0.3) is 0 Å². The summed E-state index contributed by atoms with van der Waals surface area (Å²) in [5.74, 6) is -1.13. The highest BCUT2D eigenvalue weighted by Gasteiger charge is 2.12. The lowest BCUT2D eigenvalue weighted by molar-refractivity contribution is 0.483. The van der Waals surface area contributed by atoms with E-state index in [-0.39, 0.29) is 33.4 Å². The Hall–Kier alpha value is -1.87. The summed E-state index contributed by atoms with van der Waals surface area (Å²) in [6.45, 7) is 0. The second-order valence-corrected chi connectivity index (χ2v) is 4.85. The van der Waals surface area contributed by atoms with Crippen LogP contribution in [0.3, 0.4) is 0 Å². The molecule has 0 heterocycles. The topological polar surface area (TPSA) is 20.2 Å². The maximum absolute atomic E-state index is 14.4. The normalized spacial score (nSPS) is 13.1. The first-order valence-corrected chi connectivity index (χ1v) is 6.38. The monoisotopic (exact) mass is 319 g/mol. The molecular weight excluding hydrogens is 307 g/mol. The number of phenols is 1. The lowest BCUT2D eigenvalue weighted by Crippen LogP contribution is -1.86. The fraction of sp³-hybridized carbons (Fsp3) is 0. The summed E-state index contributed by atoms with van der Waals surface area (Å²) >= 11 is 3.04. The first-order chi connectivity index (χ1) is 10.4. The molecule has 0 aliphatic carbocycles. The van der Waals surface area contributed by atoms with Crippen LogP contribution < -0.4 is 0 Å². The Labute approximate surface area is 122 Å². The number of aromatic hydroxyl groups is 1. The Morgan fingerprint density at radius 1 is 1.05 bits per heavy atom. The number of rotatable bonds is 1. The van der Waals surface area contributed by atoms with Crippen LogP contribution in [0, 0.1) is 5.82 Å². The van der Waals surface area contributed by atoms with E-state index in [1.807, 2.05) is 12.1 Å². The van der Waals surface area contributed by atoms with Crippen molar-refractivity contribution in [2.24, 2.45) is 0 Å². The second-order valence-electron chi connectivity index (χ2n) is 4.06. The molecule has 3 aromatic rings. The van der Waals surface area contributed by atoms with Crippen LogP contribution in [0.2, 0.25) is 0 Å². The lowest BCUT2D eigenvalue weighted by atomic mass is 9.99. The Balaban J connectivity index is 2.40. The smallest absolute Gasteiger partial charge is 0.131 e. The minimum Gasteiger partial charge on any atom is -0.507 e. The maximum atomic E-state index is 14.4. The van der Waals surface area contributed by atoms with Gasteiger partial charge in [0.05, 0.1) is 4.11 Å². The Bertz CT molecular complexity index is 883. The van der Waals surface area contributed by atoms with Crippen LogP contribution in [0.25, 0.3) is 21.9 Å². The molecule has 3 aromatic carbocycles. The van der Waals surface area contributed by atoms with Crippen molar-refractivity contribution in [3.05, 3.63) is 64.8 Å². The Morgan fingerprint density at radius 3 is 2.68 bits per heavy atom. The van der Waals surface area contributed by atoms with E-state index in [9.17, 15) is 9.50 Å². The zero-order chi connectivity index (χ0) is 16.0. The van der Waals surface area contributed by atoms with E-state index in [1.165, 1.54) is 6.07 Å². The van der Waals surface area contributed by atoms with Crippen LogP contribution >= 0.6 is 15.9 Å². The molecule has 1 nitrogen and oxygen atoms in total. The van der Waals surface area contributed by atoms with Gasteiger partial charge in [-0.2, -0.15) is 0 Å². The number of benzene rings is 3. The largest absolute Gasteiger partial charge is 0.507 e. The van der Waals surface area contributed by atoms with Crippen LogP contribution in [0.15, 0.2) is 59.0 Å². The van der Waals surface area contributed by atoms with Gasteiger partial charge in [0.1, 0.15) is 11.6 Å². The van der Waals surface area contributed by atoms with Gasteiger partial charge in [-0.3, -0.25) is 0 Å². The van der Waals surface area contributed by atoms with Gasteiger partial charge >= 0.3 is 0 Å². The molecule has 0 aliphatic rings. The molecule has 19 heavy (non-hydrogen) atoms. The van der Waals surface area contributed by atoms with E-state index in [1.54, 1.807) is 18.2 Å². The summed E-state index contributed by atoms with van der Waals surface area (Å²) < 4.78 is 37.7. The van der Waals surface area contributed by atoms with Crippen LogP contribution in [-0.2, 0) is 0 Å². The van der Waals surface area contributed by atoms with Crippen molar-refractivity contribution >= 4 is 26.7 Å². The molecule has 0 atom stereocenters. The Kier molecular flexibility index (Phi) is 2.24. The van der Waals surface area contributed by atoms with Gasteiger partial charge in [0.2, 0.25) is 0 Å². The number of phenolic OH excluding ortho intramolecular Hbond substituents is 1. The molecule has 0 aromatic heterocycles. The fourth-order valence-corrected chi connectivity index (χ4v) is 2.31. The molecule has 94 valence electrons. The molecule has 3 heteroatoms. The van der Waals surface area contributed by atoms with Crippen molar-refractivity contribution in [1.29, 1.82) is 0 Å². The van der Waals surface area contributed by atoms with Crippen LogP contribution in [0.1, 0.15) is 4.11 Å². The summed E-state index contributed by atoms with van der Waals surface area (Å²) in [7, 11) is 0. The molecule has 0 saturated carbocycles. The quantitative estimate of drug-likeness (QED) is 0.660. The summed E-state index contributed by atoms with van der Waals surface area (Å²) in [5, 5.41) is 11.8. The molecule has 0 spiro atoms. The maximum Gasteiger partial charge on any atom is 0.131 e. The van der Waals surface area contributed by atoms with Gasteiger partial charge in [-0.25, -0.2) is 4.39 Å². The molecule has 0 aliphatic heterocycles. The number of hydrogen-bond acceptors (Lipinski definition) is 1. The van der Waals surface area contributed by atoms with Gasteiger partial charge in [-0.15, -0.1) is 0 Å². The molecule has 0 radical (unpaired) electrons. The van der Waals surface area contributed by atoms with Crippen LogP contribution in [0.5, 0.6) is 5.75 Å². The van der Waals surface area contributed by atoms with Crippen molar-refractivity contribution in [3.8, 4) is 16.9 Å². The van der Waals surface area contributed by atoms with Gasteiger partial charge in [0.15, 0.2) is 0 Å². The third kappa shape index (κ3) is 2.10. The van der Waals surface area contributed by atoms with Crippen molar-refractivity contribution in [2.45, 2.75) is 0 Å². The average Bonchev–Trinajstić information content (AvgIpc) is 2.53. The van der Waals surface area contributed by atoms with Gasteiger partial charge < -0.3 is 5.11 Å². The van der Waals surface area contributed by atoms with E-state index < -0.39 is 11.9 Å². The van der Waals surface area contributed by atoms with Gasteiger partial charge in [0, 0.05) is 21.0 Å². The highest BCUT2D eigenvalue weighted by atomic mass is 79.9. The van der Waals surface area contributed by atoms with E-state index in [0.29, 0.717) is 5.39 Å². The summed E-state index contributed by atoms with van der Waals surface area (Å²) in [5.41, 5.74) is -0.0495. The van der Waals surface area contributed by atoms with E-state index in [4.69, 9.17) is 4.11 Å². The second kappa shape index (κ2) is 4.67. The predicted octanol–water partition coefficient (Wildman–Crippen LogP) is 5.11. The van der Waals surface area contributed by atoms with Crippen molar-refractivity contribution in [2.75, 3.05) is 0 Å². The van der Waals surface area contributed by atoms with Crippen molar-refractivity contribution in [3.63, 3.8) is 0 Å². The molecule has 0 fully saturated rings. The van der Waals surface area contributed by atoms with Crippen molar-refractivity contribution < 1.29 is 13.6 Å². The predicted molar refractivity (Wildman–Crippen MR) is 78.7 cm³/mol. The molecule has 0 amide bonds. The molecule has 3 rings (SSSR count). The van der Waals surface area contributed by atoms with Gasteiger partial charge in [-0.1, -0.05) is 46.3 Å². The van der Waals surface area contributed by atoms with E-state index >= 15 is 0 Å². The Morgan fingerprint density at radius 2 is 1.84 bits per heavy atom. The summed E-state index contributed by atoms with van der Waals surface area (Å²) in [6, 6.07) is 9.08. The zero-order valence-electron chi connectivity index (χ0n) is 12.7. The highest BCUT2D eigenvalue weighted by molar-refractivity contribution is 9.10. The number of halogens is 2. The minimum absolute atomic E-state index is 0.0291. The summed E-state index contributed by atoms with van der Waals surface area (Å²) in [4.78, 5) is 0. The molecular formula is C16H10BrFO. The molecule has 1 N–H and O–H groups in total. The summed E-state index contributed by atoms with van der Waals surface area (Å²) in [6.07, 6.45) is 0. The van der Waals surface area contributed by atoms with E-state index in [0.717, 1.165) is 5.39 Å². The fourth-order valence-electron chi connectivity index (χ4n) is 2.01. The standard InChI is InChI=1S/C16H10BrFO/c17-11-6-8-15(18)14(9-11)13-7-5-10-3-1-2-4-12(10)16(13)19/h1-9,19H/i6D,8D,9D. The minimum atomic E-state index is -0.983. The molecule has 0 bridgehead atoms. The first kappa shape index (κ1) is 9.10. The van der Waals surface area contributed by atoms with Crippen LogP contribution in [-0.4, -0.2) is 5.11 Å². The highest BCUT2D eigenvalue weighted by Crippen LogP contribution is 2.37.